The molecule has 2 nitrogen and oxygen atoms in total. The molecule has 3 heteroatoms. The fourth-order valence-electron chi connectivity index (χ4n) is 1.50. The van der Waals surface area contributed by atoms with Crippen LogP contribution in [0.3, 0.4) is 0 Å². The first-order valence-electron chi connectivity index (χ1n) is 4.74. The van der Waals surface area contributed by atoms with E-state index in [-0.39, 0.29) is 5.79 Å². The molecule has 0 aromatic heterocycles. The molecule has 0 aliphatic heterocycles. The first-order valence-corrected chi connectivity index (χ1v) is 8.14. The van der Waals surface area contributed by atoms with Gasteiger partial charge in [0.05, 0.1) is 0 Å². The normalized spacial score (nSPS) is 35.2. The van der Waals surface area contributed by atoms with Crippen LogP contribution >= 0.6 is 0 Å². The van der Waals surface area contributed by atoms with Gasteiger partial charge < -0.3 is 9.16 Å². The summed E-state index contributed by atoms with van der Waals surface area (Å²) in [5, 5.41) is 0. The highest BCUT2D eigenvalue weighted by Crippen LogP contribution is 2.48. The Labute approximate surface area is 76.4 Å². The first kappa shape index (κ1) is 10.2. The Morgan fingerprint density at radius 1 is 1.42 bits per heavy atom. The third kappa shape index (κ3) is 2.31. The summed E-state index contributed by atoms with van der Waals surface area (Å²) in [5.74, 6) is 0.392. The van der Waals surface area contributed by atoms with Crippen molar-refractivity contribution >= 4 is 8.32 Å². The Bertz CT molecular complexity index is 164. The van der Waals surface area contributed by atoms with Crippen molar-refractivity contribution in [2.45, 2.75) is 45.7 Å². The largest absolute Gasteiger partial charge is 0.391 e. The van der Waals surface area contributed by atoms with E-state index in [1.165, 1.54) is 0 Å². The molecule has 1 fully saturated rings. The van der Waals surface area contributed by atoms with Crippen LogP contribution in [0.5, 0.6) is 0 Å². The Kier molecular flexibility index (Phi) is 2.66. The van der Waals surface area contributed by atoms with Gasteiger partial charge in [0, 0.05) is 18.9 Å². The molecule has 2 unspecified atom stereocenters. The molecule has 12 heavy (non-hydrogen) atoms. The van der Waals surface area contributed by atoms with Crippen LogP contribution in [0, 0.1) is 5.92 Å². The van der Waals surface area contributed by atoms with Crippen LogP contribution in [-0.2, 0) is 9.16 Å². The monoisotopic (exact) mass is 188 g/mol. The lowest BCUT2D eigenvalue weighted by molar-refractivity contribution is -0.117. The van der Waals surface area contributed by atoms with Crippen LogP contribution in [-0.4, -0.2) is 20.7 Å². The van der Waals surface area contributed by atoms with Gasteiger partial charge in [-0.25, -0.2) is 0 Å². The molecule has 0 bridgehead atoms. The minimum absolute atomic E-state index is 0.195. The van der Waals surface area contributed by atoms with E-state index in [0.717, 1.165) is 13.0 Å². The van der Waals surface area contributed by atoms with E-state index < -0.39 is 8.32 Å². The summed E-state index contributed by atoms with van der Waals surface area (Å²) in [6.45, 7) is 11.6. The highest BCUT2D eigenvalue weighted by Gasteiger charge is 2.55. The topological polar surface area (TPSA) is 18.5 Å². The van der Waals surface area contributed by atoms with Gasteiger partial charge in [0.15, 0.2) is 14.1 Å². The SMILES string of the molecule is CCOC1(O[Si](C)(C)C)CC1C. The Morgan fingerprint density at radius 3 is 2.17 bits per heavy atom. The predicted octanol–water partition coefficient (Wildman–Crippen LogP) is 2.61. The lowest BCUT2D eigenvalue weighted by atomic mass is 10.5. The summed E-state index contributed by atoms with van der Waals surface area (Å²) in [6.07, 6.45) is 1.07. The van der Waals surface area contributed by atoms with Gasteiger partial charge in [-0.3, -0.25) is 0 Å². The Balaban J connectivity index is 2.48. The third-order valence-corrected chi connectivity index (χ3v) is 3.01. The van der Waals surface area contributed by atoms with Crippen molar-refractivity contribution in [3.63, 3.8) is 0 Å². The summed E-state index contributed by atoms with van der Waals surface area (Å²) >= 11 is 0. The predicted molar refractivity (Wildman–Crippen MR) is 52.6 cm³/mol. The molecule has 0 amide bonds. The van der Waals surface area contributed by atoms with Crippen molar-refractivity contribution in [2.24, 2.45) is 5.92 Å². The molecule has 0 N–H and O–H groups in total. The van der Waals surface area contributed by atoms with Crippen molar-refractivity contribution in [3.05, 3.63) is 0 Å². The molecule has 1 rings (SSSR count). The number of hydrogen-bond donors (Lipinski definition) is 0. The fourth-order valence-corrected chi connectivity index (χ4v) is 2.88. The molecule has 0 spiro atoms. The van der Waals surface area contributed by atoms with E-state index in [4.69, 9.17) is 9.16 Å². The Morgan fingerprint density at radius 2 is 1.92 bits per heavy atom. The highest BCUT2D eigenvalue weighted by atomic mass is 28.4. The van der Waals surface area contributed by atoms with Crippen LogP contribution in [0.4, 0.5) is 0 Å². The molecule has 0 radical (unpaired) electrons. The summed E-state index contributed by atoms with van der Waals surface area (Å²) in [5.41, 5.74) is 0. The van der Waals surface area contributed by atoms with Gasteiger partial charge in [-0.2, -0.15) is 0 Å². The van der Waals surface area contributed by atoms with E-state index in [9.17, 15) is 0 Å². The second-order valence-electron chi connectivity index (χ2n) is 4.56. The summed E-state index contributed by atoms with van der Waals surface area (Å²) in [7, 11) is -1.43. The van der Waals surface area contributed by atoms with Gasteiger partial charge in [0.1, 0.15) is 0 Å². The van der Waals surface area contributed by atoms with Gasteiger partial charge in [-0.15, -0.1) is 0 Å². The molecule has 0 aromatic rings. The first-order chi connectivity index (χ1) is 5.40. The zero-order valence-electron chi connectivity index (χ0n) is 8.81. The van der Waals surface area contributed by atoms with Crippen molar-refractivity contribution in [1.29, 1.82) is 0 Å². The van der Waals surface area contributed by atoms with E-state index in [1.807, 2.05) is 6.92 Å². The lowest BCUT2D eigenvalue weighted by Gasteiger charge is -2.26. The summed E-state index contributed by atoms with van der Waals surface area (Å²) < 4.78 is 11.6. The van der Waals surface area contributed by atoms with Crippen molar-refractivity contribution in [3.8, 4) is 0 Å². The van der Waals surface area contributed by atoms with Gasteiger partial charge >= 0.3 is 0 Å². The van der Waals surface area contributed by atoms with Crippen LogP contribution in [0.1, 0.15) is 20.3 Å². The average Bonchev–Trinajstić information content (AvgIpc) is 2.37. The van der Waals surface area contributed by atoms with Gasteiger partial charge in [0.2, 0.25) is 0 Å². The third-order valence-electron chi connectivity index (χ3n) is 2.05. The quantitative estimate of drug-likeness (QED) is 0.499. The number of rotatable bonds is 4. The Hall–Kier alpha value is 0.137. The lowest BCUT2D eigenvalue weighted by Crippen LogP contribution is -2.36. The van der Waals surface area contributed by atoms with Crippen LogP contribution < -0.4 is 0 Å². The van der Waals surface area contributed by atoms with E-state index in [2.05, 4.69) is 26.6 Å². The van der Waals surface area contributed by atoms with E-state index >= 15 is 0 Å². The maximum Gasteiger partial charge on any atom is 0.187 e. The van der Waals surface area contributed by atoms with Crippen LogP contribution in [0.2, 0.25) is 19.6 Å². The zero-order valence-corrected chi connectivity index (χ0v) is 9.81. The molecular weight excluding hydrogens is 168 g/mol. The standard InChI is InChI=1S/C9H20O2Si/c1-6-10-9(7-8(9)2)11-12(3,4)5/h8H,6-7H2,1-5H3. The van der Waals surface area contributed by atoms with Crippen molar-refractivity contribution in [2.75, 3.05) is 6.61 Å². The van der Waals surface area contributed by atoms with Gasteiger partial charge in [-0.05, 0) is 26.6 Å². The number of ether oxygens (including phenoxy) is 1. The molecule has 0 aromatic carbocycles. The second kappa shape index (κ2) is 3.12. The molecule has 72 valence electrons. The van der Waals surface area contributed by atoms with Crippen LogP contribution in [0.15, 0.2) is 0 Å². The highest BCUT2D eigenvalue weighted by molar-refractivity contribution is 6.69. The molecule has 1 saturated carbocycles. The minimum Gasteiger partial charge on any atom is -0.391 e. The van der Waals surface area contributed by atoms with E-state index in [1.54, 1.807) is 0 Å². The summed E-state index contributed by atoms with van der Waals surface area (Å²) in [4.78, 5) is 0. The fraction of sp³-hybridized carbons (Fsp3) is 1.00. The minimum atomic E-state index is -1.43. The van der Waals surface area contributed by atoms with E-state index in [0.29, 0.717) is 5.92 Å². The van der Waals surface area contributed by atoms with Crippen LogP contribution in [0.25, 0.3) is 0 Å². The maximum absolute atomic E-state index is 6.01. The molecule has 0 heterocycles. The van der Waals surface area contributed by atoms with Gasteiger partial charge in [-0.1, -0.05) is 6.92 Å². The average molecular weight is 188 g/mol. The molecule has 0 saturated heterocycles. The molecule has 1 aliphatic carbocycles. The summed E-state index contributed by atoms with van der Waals surface area (Å²) in [6, 6.07) is 0. The smallest absolute Gasteiger partial charge is 0.187 e. The number of hydrogen-bond acceptors (Lipinski definition) is 2. The molecule has 2 atom stereocenters. The molecular formula is C9H20O2Si. The zero-order chi connectivity index (χ0) is 9.41. The van der Waals surface area contributed by atoms with Crippen molar-refractivity contribution < 1.29 is 9.16 Å². The second-order valence-corrected chi connectivity index (χ2v) is 8.99. The van der Waals surface area contributed by atoms with Gasteiger partial charge in [0.25, 0.3) is 0 Å². The molecule has 1 aliphatic rings. The van der Waals surface area contributed by atoms with Crippen molar-refractivity contribution in [1.82, 2.24) is 0 Å². The maximum atomic E-state index is 6.01.